The zero-order chi connectivity index (χ0) is 14.7. The maximum absolute atomic E-state index is 4.53. The summed E-state index contributed by atoms with van der Waals surface area (Å²) in [6, 6.07) is 9.62. The lowest BCUT2D eigenvalue weighted by Crippen LogP contribution is -2.17. The number of aryl methyl sites for hydroxylation is 1. The summed E-state index contributed by atoms with van der Waals surface area (Å²) in [7, 11) is 0. The Balaban J connectivity index is 1.72. The molecule has 0 radical (unpaired) electrons. The second-order valence-electron chi connectivity index (χ2n) is 6.23. The van der Waals surface area contributed by atoms with Crippen LogP contribution < -0.4 is 5.32 Å². The lowest BCUT2D eigenvalue weighted by Gasteiger charge is -2.26. The van der Waals surface area contributed by atoms with Crippen LogP contribution in [0.1, 0.15) is 62.2 Å². The first-order valence-corrected chi connectivity index (χ1v) is 8.10. The number of nitrogens with zero attached hydrogens (tertiary/aromatic N) is 2. The van der Waals surface area contributed by atoms with Crippen molar-refractivity contribution < 1.29 is 0 Å². The van der Waals surface area contributed by atoms with E-state index in [9.17, 15) is 0 Å². The monoisotopic (exact) mass is 283 g/mol. The molecule has 0 bridgehead atoms. The Bertz CT molecular complexity index is 564. The van der Waals surface area contributed by atoms with Crippen molar-refractivity contribution in [3.63, 3.8) is 0 Å². The summed E-state index contributed by atoms with van der Waals surface area (Å²) in [5.41, 5.74) is 2.61. The lowest BCUT2D eigenvalue weighted by atomic mass is 9.95. The molecule has 1 heterocycles. The van der Waals surface area contributed by atoms with Gasteiger partial charge in [0, 0.05) is 18.4 Å². The van der Waals surface area contributed by atoms with Crippen molar-refractivity contribution in [2.45, 2.75) is 58.0 Å². The van der Waals surface area contributed by atoms with E-state index in [1.165, 1.54) is 43.2 Å². The first kappa shape index (κ1) is 14.2. The van der Waals surface area contributed by atoms with Crippen molar-refractivity contribution in [2.24, 2.45) is 0 Å². The highest BCUT2D eigenvalue weighted by atomic mass is 15.2. The van der Waals surface area contributed by atoms with Crippen molar-refractivity contribution in [2.75, 3.05) is 5.32 Å². The van der Waals surface area contributed by atoms with Crippen LogP contribution >= 0.6 is 0 Å². The molecule has 3 rings (SSSR count). The van der Waals surface area contributed by atoms with Gasteiger partial charge < -0.3 is 9.88 Å². The molecule has 112 valence electrons. The van der Waals surface area contributed by atoms with E-state index in [1.54, 1.807) is 0 Å². The second-order valence-corrected chi connectivity index (χ2v) is 6.23. The van der Waals surface area contributed by atoms with Crippen LogP contribution in [0.15, 0.2) is 36.7 Å². The number of rotatable bonds is 4. The van der Waals surface area contributed by atoms with Gasteiger partial charge >= 0.3 is 0 Å². The molecule has 2 aromatic rings. The molecule has 0 aliphatic heterocycles. The van der Waals surface area contributed by atoms with Crippen molar-refractivity contribution in [3.8, 4) is 0 Å². The maximum atomic E-state index is 4.53. The Morgan fingerprint density at radius 1 is 1.14 bits per heavy atom. The smallest absolute Gasteiger partial charge is 0.203 e. The summed E-state index contributed by atoms with van der Waals surface area (Å²) in [6.07, 6.45) is 10.7. The molecule has 1 atom stereocenters. The maximum Gasteiger partial charge on any atom is 0.203 e. The molecule has 3 nitrogen and oxygen atoms in total. The molecule has 1 aliphatic rings. The van der Waals surface area contributed by atoms with Crippen LogP contribution in [0.5, 0.6) is 0 Å². The molecule has 1 aromatic carbocycles. The van der Waals surface area contributed by atoms with E-state index >= 15 is 0 Å². The van der Waals surface area contributed by atoms with Crippen molar-refractivity contribution >= 4 is 5.95 Å². The van der Waals surface area contributed by atoms with Crippen LogP contribution in [0.4, 0.5) is 5.95 Å². The molecule has 1 N–H and O–H groups in total. The van der Waals surface area contributed by atoms with Gasteiger partial charge in [-0.05, 0) is 32.3 Å². The van der Waals surface area contributed by atoms with Crippen LogP contribution in [-0.2, 0) is 0 Å². The van der Waals surface area contributed by atoms with Crippen LogP contribution in [0.3, 0.4) is 0 Å². The Morgan fingerprint density at radius 3 is 2.57 bits per heavy atom. The molecule has 1 aromatic heterocycles. The fourth-order valence-electron chi connectivity index (χ4n) is 3.21. The Labute approximate surface area is 127 Å². The number of imidazole rings is 1. The SMILES string of the molecule is Cc1ccc(C(C)Nc2nccn2C2CCCCC2)cc1. The summed E-state index contributed by atoms with van der Waals surface area (Å²) < 4.78 is 2.34. The van der Waals surface area contributed by atoms with E-state index < -0.39 is 0 Å². The van der Waals surface area contributed by atoms with Gasteiger partial charge in [0.1, 0.15) is 0 Å². The number of hydrogen-bond donors (Lipinski definition) is 1. The average Bonchev–Trinajstić information content (AvgIpc) is 2.97. The van der Waals surface area contributed by atoms with Crippen LogP contribution in [0.2, 0.25) is 0 Å². The third-order valence-corrected chi connectivity index (χ3v) is 4.56. The fourth-order valence-corrected chi connectivity index (χ4v) is 3.21. The Morgan fingerprint density at radius 2 is 1.86 bits per heavy atom. The summed E-state index contributed by atoms with van der Waals surface area (Å²) >= 11 is 0. The molecule has 0 spiro atoms. The minimum absolute atomic E-state index is 0.273. The third kappa shape index (κ3) is 3.29. The highest BCUT2D eigenvalue weighted by Crippen LogP contribution is 2.31. The summed E-state index contributed by atoms with van der Waals surface area (Å²) in [6.45, 7) is 4.32. The van der Waals surface area contributed by atoms with E-state index in [-0.39, 0.29) is 6.04 Å². The van der Waals surface area contributed by atoms with Crippen molar-refractivity contribution in [3.05, 3.63) is 47.8 Å². The van der Waals surface area contributed by atoms with Crippen LogP contribution in [0.25, 0.3) is 0 Å². The number of anilines is 1. The highest BCUT2D eigenvalue weighted by Gasteiger charge is 2.18. The minimum atomic E-state index is 0.273. The first-order chi connectivity index (χ1) is 10.2. The lowest BCUT2D eigenvalue weighted by molar-refractivity contribution is 0.355. The van der Waals surface area contributed by atoms with Crippen LogP contribution in [-0.4, -0.2) is 9.55 Å². The van der Waals surface area contributed by atoms with E-state index in [0.29, 0.717) is 6.04 Å². The van der Waals surface area contributed by atoms with Gasteiger partial charge in [0.25, 0.3) is 0 Å². The zero-order valence-corrected chi connectivity index (χ0v) is 13.0. The van der Waals surface area contributed by atoms with Crippen molar-refractivity contribution in [1.82, 2.24) is 9.55 Å². The number of benzene rings is 1. The van der Waals surface area contributed by atoms with Gasteiger partial charge in [0.15, 0.2) is 0 Å². The van der Waals surface area contributed by atoms with Gasteiger partial charge in [-0.3, -0.25) is 0 Å². The summed E-state index contributed by atoms with van der Waals surface area (Å²) in [4.78, 5) is 4.53. The standard InChI is InChI=1S/C18H25N3/c1-14-8-10-16(11-9-14)15(2)20-18-19-12-13-21(18)17-6-4-3-5-7-17/h8-13,15,17H,3-7H2,1-2H3,(H,19,20). The first-order valence-electron chi connectivity index (χ1n) is 8.10. The van der Waals surface area contributed by atoms with E-state index in [4.69, 9.17) is 0 Å². The normalized spacial score (nSPS) is 17.6. The van der Waals surface area contributed by atoms with Gasteiger partial charge in [-0.15, -0.1) is 0 Å². The van der Waals surface area contributed by atoms with Gasteiger partial charge in [-0.2, -0.15) is 0 Å². The van der Waals surface area contributed by atoms with Gasteiger partial charge in [-0.25, -0.2) is 4.98 Å². The topological polar surface area (TPSA) is 29.9 Å². The predicted molar refractivity (Wildman–Crippen MR) is 87.6 cm³/mol. The quantitative estimate of drug-likeness (QED) is 0.867. The predicted octanol–water partition coefficient (Wildman–Crippen LogP) is 4.87. The molecule has 0 amide bonds. The van der Waals surface area contributed by atoms with Crippen molar-refractivity contribution in [1.29, 1.82) is 0 Å². The summed E-state index contributed by atoms with van der Waals surface area (Å²) in [5, 5.41) is 3.58. The number of aromatic nitrogens is 2. The minimum Gasteiger partial charge on any atom is -0.349 e. The molecule has 1 aliphatic carbocycles. The largest absolute Gasteiger partial charge is 0.349 e. The number of nitrogens with one attached hydrogen (secondary N) is 1. The molecule has 1 fully saturated rings. The highest BCUT2D eigenvalue weighted by molar-refractivity contribution is 5.34. The Kier molecular flexibility index (Phi) is 4.28. The summed E-state index contributed by atoms with van der Waals surface area (Å²) in [5.74, 6) is 1.01. The fraction of sp³-hybridized carbons (Fsp3) is 0.500. The molecular weight excluding hydrogens is 258 g/mol. The molecule has 0 saturated heterocycles. The molecule has 1 saturated carbocycles. The van der Waals surface area contributed by atoms with E-state index in [1.807, 2.05) is 6.20 Å². The van der Waals surface area contributed by atoms with Gasteiger partial charge in [0.05, 0.1) is 6.04 Å². The van der Waals surface area contributed by atoms with Gasteiger partial charge in [0.2, 0.25) is 5.95 Å². The molecule has 21 heavy (non-hydrogen) atoms. The molecule has 3 heteroatoms. The molecule has 1 unspecified atom stereocenters. The zero-order valence-electron chi connectivity index (χ0n) is 13.0. The van der Waals surface area contributed by atoms with Crippen LogP contribution in [0, 0.1) is 6.92 Å². The average molecular weight is 283 g/mol. The van der Waals surface area contributed by atoms with Gasteiger partial charge in [-0.1, -0.05) is 49.1 Å². The van der Waals surface area contributed by atoms with E-state index in [0.717, 1.165) is 5.95 Å². The second kappa shape index (κ2) is 6.33. The molecular formula is C18H25N3. The van der Waals surface area contributed by atoms with E-state index in [2.05, 4.69) is 59.2 Å². The Hall–Kier alpha value is -1.77. The number of hydrogen-bond acceptors (Lipinski definition) is 2. The third-order valence-electron chi connectivity index (χ3n) is 4.56.